The normalized spacial score (nSPS) is 14.0. The molecule has 0 saturated heterocycles. The van der Waals surface area contributed by atoms with Gasteiger partial charge >= 0.3 is 6.18 Å². The van der Waals surface area contributed by atoms with Gasteiger partial charge in [-0.15, -0.1) is 0 Å². The Morgan fingerprint density at radius 3 is 2.20 bits per heavy atom. The lowest BCUT2D eigenvalue weighted by Crippen LogP contribution is -2.39. The summed E-state index contributed by atoms with van der Waals surface area (Å²) in [4.78, 5) is 0. The molecule has 2 N–H and O–H groups in total. The summed E-state index contributed by atoms with van der Waals surface area (Å²) >= 11 is 0. The van der Waals surface area contributed by atoms with Crippen LogP contribution in [0.3, 0.4) is 0 Å². The van der Waals surface area contributed by atoms with E-state index in [9.17, 15) is 22.0 Å². The quantitative estimate of drug-likeness (QED) is 0.768. The van der Waals surface area contributed by atoms with Crippen molar-refractivity contribution >= 4 is 0 Å². The molecule has 1 aromatic carbocycles. The number of hydrogen-bond acceptors (Lipinski definition) is 1. The van der Waals surface area contributed by atoms with E-state index in [4.69, 9.17) is 5.73 Å². The molecule has 0 amide bonds. The largest absolute Gasteiger partial charge is 0.403 e. The first-order valence-corrected chi connectivity index (χ1v) is 4.07. The van der Waals surface area contributed by atoms with E-state index in [2.05, 4.69) is 0 Å². The van der Waals surface area contributed by atoms with Gasteiger partial charge < -0.3 is 5.73 Å². The maximum Gasteiger partial charge on any atom is 0.403 e. The number of rotatable bonds is 2. The fourth-order valence-electron chi connectivity index (χ4n) is 1.04. The molecule has 0 aromatic heterocycles. The first-order chi connectivity index (χ1) is 6.80. The van der Waals surface area contributed by atoms with Crippen LogP contribution in [0.4, 0.5) is 22.0 Å². The Morgan fingerprint density at radius 1 is 1.13 bits per heavy atom. The van der Waals surface area contributed by atoms with Crippen LogP contribution in [0.1, 0.15) is 5.56 Å². The molecule has 0 bridgehead atoms. The average molecular weight is 225 g/mol. The van der Waals surface area contributed by atoms with Gasteiger partial charge in [0.2, 0.25) is 0 Å². The van der Waals surface area contributed by atoms with Crippen molar-refractivity contribution in [2.75, 3.05) is 0 Å². The van der Waals surface area contributed by atoms with Crippen LogP contribution in [0, 0.1) is 11.6 Å². The van der Waals surface area contributed by atoms with Crippen molar-refractivity contribution in [3.05, 3.63) is 35.4 Å². The van der Waals surface area contributed by atoms with E-state index in [1.807, 2.05) is 0 Å². The molecule has 0 aliphatic carbocycles. The Hall–Kier alpha value is -1.17. The van der Waals surface area contributed by atoms with Crippen molar-refractivity contribution < 1.29 is 22.0 Å². The Morgan fingerprint density at radius 2 is 1.73 bits per heavy atom. The van der Waals surface area contributed by atoms with Crippen molar-refractivity contribution in [3.63, 3.8) is 0 Å². The Labute approximate surface area is 82.7 Å². The summed E-state index contributed by atoms with van der Waals surface area (Å²) in [6.45, 7) is 0. The third kappa shape index (κ3) is 3.16. The van der Waals surface area contributed by atoms with E-state index in [1.165, 1.54) is 0 Å². The zero-order chi connectivity index (χ0) is 11.6. The van der Waals surface area contributed by atoms with Crippen molar-refractivity contribution in [2.24, 2.45) is 5.73 Å². The summed E-state index contributed by atoms with van der Waals surface area (Å²) in [5.41, 5.74) is 4.84. The van der Waals surface area contributed by atoms with Crippen LogP contribution in [0.25, 0.3) is 0 Å². The molecule has 0 spiro atoms. The first kappa shape index (κ1) is 11.9. The maximum atomic E-state index is 12.6. The van der Waals surface area contributed by atoms with Gasteiger partial charge in [-0.05, 0) is 24.1 Å². The van der Waals surface area contributed by atoms with Gasteiger partial charge in [0.25, 0.3) is 0 Å². The standard InChI is InChI=1S/C9H8F5N/c10-6-2-1-5(3-7(6)11)4-8(15)9(12,13)14/h1-3,8H,4,15H2. The minimum Gasteiger partial charge on any atom is -0.320 e. The third-order valence-electron chi connectivity index (χ3n) is 1.86. The SMILES string of the molecule is NC(Cc1ccc(F)c(F)c1)C(F)(F)F. The lowest BCUT2D eigenvalue weighted by atomic mass is 10.1. The number of halogens is 5. The number of alkyl halides is 3. The van der Waals surface area contributed by atoms with E-state index >= 15 is 0 Å². The summed E-state index contributed by atoms with van der Waals surface area (Å²) < 4.78 is 61.1. The van der Waals surface area contributed by atoms with E-state index in [-0.39, 0.29) is 5.56 Å². The minimum atomic E-state index is -4.54. The highest BCUT2D eigenvalue weighted by Crippen LogP contribution is 2.21. The lowest BCUT2D eigenvalue weighted by Gasteiger charge is -2.15. The highest BCUT2D eigenvalue weighted by molar-refractivity contribution is 5.19. The zero-order valence-corrected chi connectivity index (χ0v) is 7.48. The van der Waals surface area contributed by atoms with Gasteiger partial charge in [0, 0.05) is 0 Å². The molecule has 84 valence electrons. The summed E-state index contributed by atoms with van der Waals surface area (Å²) in [5.74, 6) is -2.28. The average Bonchev–Trinajstić information content (AvgIpc) is 2.10. The van der Waals surface area contributed by atoms with Crippen LogP contribution in [0.5, 0.6) is 0 Å². The van der Waals surface area contributed by atoms with Crippen LogP contribution in [0.15, 0.2) is 18.2 Å². The highest BCUT2D eigenvalue weighted by atomic mass is 19.4. The highest BCUT2D eigenvalue weighted by Gasteiger charge is 2.36. The predicted molar refractivity (Wildman–Crippen MR) is 44.1 cm³/mol. The molecule has 1 nitrogen and oxygen atoms in total. The molecular formula is C9H8F5N. The fourth-order valence-corrected chi connectivity index (χ4v) is 1.04. The molecule has 0 fully saturated rings. The second-order valence-corrected chi connectivity index (χ2v) is 3.10. The molecule has 15 heavy (non-hydrogen) atoms. The Kier molecular flexibility index (Phi) is 3.28. The summed E-state index contributed by atoms with van der Waals surface area (Å²) in [5, 5.41) is 0. The topological polar surface area (TPSA) is 26.0 Å². The van der Waals surface area contributed by atoms with Gasteiger partial charge in [0.05, 0.1) is 0 Å². The molecule has 0 radical (unpaired) electrons. The number of nitrogens with two attached hydrogens (primary N) is 1. The van der Waals surface area contributed by atoms with Gasteiger partial charge in [-0.2, -0.15) is 13.2 Å². The van der Waals surface area contributed by atoms with Crippen LogP contribution in [0.2, 0.25) is 0 Å². The zero-order valence-electron chi connectivity index (χ0n) is 7.48. The molecule has 1 rings (SSSR count). The summed E-state index contributed by atoms with van der Waals surface area (Å²) in [6.07, 6.45) is -5.11. The number of hydrogen-bond donors (Lipinski definition) is 1. The van der Waals surface area contributed by atoms with Crippen LogP contribution >= 0.6 is 0 Å². The van der Waals surface area contributed by atoms with Crippen molar-refractivity contribution in [2.45, 2.75) is 18.6 Å². The summed E-state index contributed by atoms with van der Waals surface area (Å²) in [6, 6.07) is 0.487. The van der Waals surface area contributed by atoms with Crippen LogP contribution in [-0.2, 0) is 6.42 Å². The van der Waals surface area contributed by atoms with Crippen molar-refractivity contribution in [1.82, 2.24) is 0 Å². The molecule has 1 unspecified atom stereocenters. The van der Waals surface area contributed by atoms with E-state index in [0.29, 0.717) is 6.07 Å². The second kappa shape index (κ2) is 4.14. The molecular weight excluding hydrogens is 217 g/mol. The maximum absolute atomic E-state index is 12.6. The Bertz CT molecular complexity index is 347. The number of benzene rings is 1. The molecule has 1 atom stereocenters. The van der Waals surface area contributed by atoms with Crippen LogP contribution < -0.4 is 5.73 Å². The first-order valence-electron chi connectivity index (χ1n) is 4.07. The van der Waals surface area contributed by atoms with E-state index in [0.717, 1.165) is 12.1 Å². The van der Waals surface area contributed by atoms with Crippen LogP contribution in [-0.4, -0.2) is 12.2 Å². The van der Waals surface area contributed by atoms with E-state index in [1.54, 1.807) is 0 Å². The van der Waals surface area contributed by atoms with Gasteiger partial charge in [-0.3, -0.25) is 0 Å². The smallest absolute Gasteiger partial charge is 0.320 e. The molecule has 0 heterocycles. The summed E-state index contributed by atoms with van der Waals surface area (Å²) in [7, 11) is 0. The van der Waals surface area contributed by atoms with Gasteiger partial charge in [0.1, 0.15) is 6.04 Å². The van der Waals surface area contributed by atoms with Gasteiger partial charge in [-0.1, -0.05) is 6.07 Å². The molecule has 0 aliphatic heterocycles. The predicted octanol–water partition coefficient (Wildman–Crippen LogP) is 2.40. The van der Waals surface area contributed by atoms with Gasteiger partial charge in [0.15, 0.2) is 11.6 Å². The molecule has 6 heteroatoms. The molecule has 0 saturated carbocycles. The van der Waals surface area contributed by atoms with Gasteiger partial charge in [-0.25, -0.2) is 8.78 Å². The van der Waals surface area contributed by atoms with Crippen molar-refractivity contribution in [3.8, 4) is 0 Å². The fraction of sp³-hybridized carbons (Fsp3) is 0.333. The third-order valence-corrected chi connectivity index (χ3v) is 1.86. The second-order valence-electron chi connectivity index (χ2n) is 3.10. The Balaban J connectivity index is 2.78. The molecule has 0 aliphatic rings. The monoisotopic (exact) mass is 225 g/mol. The lowest BCUT2D eigenvalue weighted by molar-refractivity contribution is -0.147. The van der Waals surface area contributed by atoms with E-state index < -0.39 is 30.3 Å². The minimum absolute atomic E-state index is 0.0127. The van der Waals surface area contributed by atoms with Crippen molar-refractivity contribution in [1.29, 1.82) is 0 Å². The molecule has 1 aromatic rings.